The number of halogens is 1. The average Bonchev–Trinajstić information content (AvgIpc) is 3.22. The molecule has 2 aromatic carbocycles. The lowest BCUT2D eigenvalue weighted by molar-refractivity contribution is -0.120. The molecule has 0 aliphatic carbocycles. The Hall–Kier alpha value is -3.30. The van der Waals surface area contributed by atoms with Gasteiger partial charge in [-0.2, -0.15) is 0 Å². The van der Waals surface area contributed by atoms with Crippen LogP contribution in [0.4, 0.5) is 15.8 Å². The van der Waals surface area contributed by atoms with Gasteiger partial charge < -0.3 is 10.2 Å². The van der Waals surface area contributed by atoms with Crippen molar-refractivity contribution in [3.8, 4) is 11.1 Å². The van der Waals surface area contributed by atoms with Crippen molar-refractivity contribution in [3.05, 3.63) is 66.1 Å². The molecule has 0 atom stereocenters. The maximum Gasteiger partial charge on any atom is 0.244 e. The molecule has 0 saturated carbocycles. The number of para-hydroxylation sites is 2. The highest BCUT2D eigenvalue weighted by atomic mass is 32.2. The Morgan fingerprint density at radius 2 is 1.97 bits per heavy atom. The number of benzene rings is 2. The molecule has 0 fully saturated rings. The summed E-state index contributed by atoms with van der Waals surface area (Å²) in [6.45, 7) is -0.0190. The second kappa shape index (κ2) is 8.09. The number of nitrogens with one attached hydrogen (secondary N) is 1. The molecule has 1 N–H and O–H groups in total. The topological polar surface area (TPSA) is 75.2 Å². The molecule has 0 radical (unpaired) electrons. The fourth-order valence-electron chi connectivity index (χ4n) is 3.46. The van der Waals surface area contributed by atoms with E-state index in [1.807, 2.05) is 23.6 Å². The van der Waals surface area contributed by atoms with E-state index in [1.54, 1.807) is 18.2 Å². The highest BCUT2D eigenvalue weighted by molar-refractivity contribution is 8.00. The Morgan fingerprint density at radius 1 is 1.16 bits per heavy atom. The Kier molecular flexibility index (Phi) is 5.13. The first-order chi connectivity index (χ1) is 15.1. The number of carbonyl (C=O) groups is 2. The molecule has 5 rings (SSSR count). The second-order valence-corrected chi connectivity index (χ2v) is 8.67. The standard InChI is InChI=1S/C22H15FN4O2S2/c23-14-7-5-13(6-8-14)15-10-30-21-20(15)22(25-12-24-21)31-11-19(29)27-9-18(28)26-16-3-1-2-4-17(16)27/h1-8,10,12H,9,11H2,(H,26,28). The van der Waals surface area contributed by atoms with Crippen LogP contribution in [0.1, 0.15) is 0 Å². The Balaban J connectivity index is 1.43. The summed E-state index contributed by atoms with van der Waals surface area (Å²) in [5.74, 6) is -0.590. The van der Waals surface area contributed by atoms with Crippen LogP contribution in [0.5, 0.6) is 0 Å². The third kappa shape index (κ3) is 3.77. The smallest absolute Gasteiger partial charge is 0.244 e. The molecule has 4 aromatic rings. The van der Waals surface area contributed by atoms with Gasteiger partial charge >= 0.3 is 0 Å². The van der Waals surface area contributed by atoms with Crippen LogP contribution in [-0.4, -0.2) is 34.1 Å². The molecule has 2 aromatic heterocycles. The van der Waals surface area contributed by atoms with Crippen LogP contribution < -0.4 is 10.2 Å². The van der Waals surface area contributed by atoms with Crippen LogP contribution in [0.15, 0.2) is 65.3 Å². The van der Waals surface area contributed by atoms with Crippen LogP contribution in [-0.2, 0) is 9.59 Å². The van der Waals surface area contributed by atoms with Crippen molar-refractivity contribution < 1.29 is 14.0 Å². The molecule has 1 aliphatic heterocycles. The summed E-state index contributed by atoms with van der Waals surface area (Å²) < 4.78 is 13.3. The van der Waals surface area contributed by atoms with E-state index in [-0.39, 0.29) is 29.9 Å². The minimum atomic E-state index is -0.300. The van der Waals surface area contributed by atoms with E-state index in [4.69, 9.17) is 0 Å². The van der Waals surface area contributed by atoms with Crippen LogP contribution in [0.3, 0.4) is 0 Å². The zero-order chi connectivity index (χ0) is 21.4. The van der Waals surface area contributed by atoms with Gasteiger partial charge in [-0.25, -0.2) is 14.4 Å². The highest BCUT2D eigenvalue weighted by Gasteiger charge is 2.27. The van der Waals surface area contributed by atoms with E-state index >= 15 is 0 Å². The van der Waals surface area contributed by atoms with Gasteiger partial charge in [-0.05, 0) is 29.8 Å². The number of rotatable bonds is 4. The fraction of sp³-hybridized carbons (Fsp3) is 0.0909. The average molecular weight is 451 g/mol. The molecule has 154 valence electrons. The minimum Gasteiger partial charge on any atom is -0.323 e. The number of hydrogen-bond donors (Lipinski definition) is 1. The largest absolute Gasteiger partial charge is 0.323 e. The van der Waals surface area contributed by atoms with Crippen molar-refractivity contribution in [3.63, 3.8) is 0 Å². The lowest BCUT2D eigenvalue weighted by Crippen LogP contribution is -2.43. The monoisotopic (exact) mass is 450 g/mol. The van der Waals surface area contributed by atoms with Gasteiger partial charge in [0.1, 0.15) is 28.5 Å². The van der Waals surface area contributed by atoms with Gasteiger partial charge in [0, 0.05) is 10.9 Å². The Labute approximate surface area is 185 Å². The third-order valence-corrected chi connectivity index (χ3v) is 6.76. The summed E-state index contributed by atoms with van der Waals surface area (Å²) in [5.41, 5.74) is 3.07. The number of anilines is 2. The third-order valence-electron chi connectivity index (χ3n) is 4.89. The number of amides is 2. The molecule has 6 nitrogen and oxygen atoms in total. The number of hydrogen-bond acceptors (Lipinski definition) is 6. The lowest BCUT2D eigenvalue weighted by Gasteiger charge is -2.29. The molecular formula is C22H15FN4O2S2. The second-order valence-electron chi connectivity index (χ2n) is 6.85. The quantitative estimate of drug-likeness (QED) is 0.364. The van der Waals surface area contributed by atoms with E-state index in [2.05, 4.69) is 15.3 Å². The number of thiophene rings is 1. The number of carbonyl (C=O) groups excluding carboxylic acids is 2. The number of thioether (sulfide) groups is 1. The number of fused-ring (bicyclic) bond motifs is 2. The number of aromatic nitrogens is 2. The first kappa shape index (κ1) is 19.7. The molecule has 0 bridgehead atoms. The predicted octanol–water partition coefficient (Wildman–Crippen LogP) is 4.57. The molecule has 9 heteroatoms. The Morgan fingerprint density at radius 3 is 2.81 bits per heavy atom. The first-order valence-electron chi connectivity index (χ1n) is 9.40. The summed E-state index contributed by atoms with van der Waals surface area (Å²) in [7, 11) is 0. The Bertz CT molecular complexity index is 1310. The fourth-order valence-corrected chi connectivity index (χ4v) is 5.33. The van der Waals surface area contributed by atoms with Gasteiger partial charge in [-0.15, -0.1) is 11.3 Å². The normalized spacial score (nSPS) is 13.2. The number of nitrogens with zero attached hydrogens (tertiary/aromatic N) is 3. The van der Waals surface area contributed by atoms with Gasteiger partial charge in [0.15, 0.2) is 0 Å². The molecular weight excluding hydrogens is 435 g/mol. The van der Waals surface area contributed by atoms with Crippen LogP contribution in [0.25, 0.3) is 21.3 Å². The highest BCUT2D eigenvalue weighted by Crippen LogP contribution is 2.38. The summed E-state index contributed by atoms with van der Waals surface area (Å²) in [5, 5.41) is 6.26. The summed E-state index contributed by atoms with van der Waals surface area (Å²) in [4.78, 5) is 36.0. The van der Waals surface area contributed by atoms with E-state index in [0.717, 1.165) is 21.3 Å². The zero-order valence-electron chi connectivity index (χ0n) is 16.0. The summed E-state index contributed by atoms with van der Waals surface area (Å²) >= 11 is 2.78. The van der Waals surface area contributed by atoms with Gasteiger partial charge in [0.2, 0.25) is 11.8 Å². The molecule has 1 aliphatic rings. The lowest BCUT2D eigenvalue weighted by atomic mass is 10.1. The van der Waals surface area contributed by atoms with Crippen molar-refractivity contribution in [1.29, 1.82) is 0 Å². The van der Waals surface area contributed by atoms with Crippen molar-refractivity contribution in [2.24, 2.45) is 0 Å². The van der Waals surface area contributed by atoms with Gasteiger partial charge in [-0.1, -0.05) is 36.0 Å². The van der Waals surface area contributed by atoms with E-state index in [1.165, 1.54) is 46.5 Å². The van der Waals surface area contributed by atoms with Crippen LogP contribution in [0.2, 0.25) is 0 Å². The van der Waals surface area contributed by atoms with Gasteiger partial charge in [0.25, 0.3) is 0 Å². The van der Waals surface area contributed by atoms with Crippen molar-refractivity contribution in [2.45, 2.75) is 5.03 Å². The molecule has 0 spiro atoms. The van der Waals surface area contributed by atoms with E-state index < -0.39 is 0 Å². The van der Waals surface area contributed by atoms with Crippen molar-refractivity contribution >= 4 is 56.5 Å². The van der Waals surface area contributed by atoms with Crippen molar-refractivity contribution in [2.75, 3.05) is 22.5 Å². The summed E-state index contributed by atoms with van der Waals surface area (Å²) in [6, 6.07) is 13.5. The first-order valence-corrected chi connectivity index (χ1v) is 11.3. The minimum absolute atomic E-state index is 0.0190. The SMILES string of the molecule is O=C1CN(C(=O)CSc2ncnc3scc(-c4ccc(F)cc4)c23)c2ccccc2N1. The van der Waals surface area contributed by atoms with E-state index in [9.17, 15) is 14.0 Å². The zero-order valence-corrected chi connectivity index (χ0v) is 17.7. The maximum absolute atomic E-state index is 13.3. The molecule has 3 heterocycles. The molecule has 2 amide bonds. The maximum atomic E-state index is 13.3. The van der Waals surface area contributed by atoms with Gasteiger partial charge in [-0.3, -0.25) is 9.59 Å². The van der Waals surface area contributed by atoms with Gasteiger partial charge in [0.05, 0.1) is 22.5 Å². The molecule has 0 saturated heterocycles. The summed E-state index contributed by atoms with van der Waals surface area (Å²) in [6.07, 6.45) is 1.48. The van der Waals surface area contributed by atoms with Crippen molar-refractivity contribution in [1.82, 2.24) is 9.97 Å². The van der Waals surface area contributed by atoms with Crippen LogP contribution >= 0.6 is 23.1 Å². The predicted molar refractivity (Wildman–Crippen MR) is 121 cm³/mol. The van der Waals surface area contributed by atoms with E-state index in [0.29, 0.717) is 16.4 Å². The van der Waals surface area contributed by atoms with Crippen LogP contribution in [0, 0.1) is 5.82 Å². The molecule has 0 unspecified atom stereocenters. The molecule has 31 heavy (non-hydrogen) atoms.